The van der Waals surface area contributed by atoms with Crippen LogP contribution >= 0.6 is 0 Å². The summed E-state index contributed by atoms with van der Waals surface area (Å²) in [6.45, 7) is 7.59. The Labute approximate surface area is 216 Å². The van der Waals surface area contributed by atoms with Crippen LogP contribution in [0, 0.1) is 13.8 Å². The van der Waals surface area contributed by atoms with Crippen LogP contribution in [0.3, 0.4) is 0 Å². The van der Waals surface area contributed by atoms with E-state index in [2.05, 4.69) is 0 Å². The Morgan fingerprint density at radius 1 is 0.919 bits per heavy atom. The molecule has 1 N–H and O–H groups in total. The van der Waals surface area contributed by atoms with Crippen LogP contribution in [0.25, 0.3) is 5.76 Å². The fraction of sp³-hybridized carbons (Fsp3) is 0.267. The average molecular weight is 502 g/mol. The number of amides is 1. The van der Waals surface area contributed by atoms with E-state index in [0.717, 1.165) is 11.1 Å². The average Bonchev–Trinajstić information content (AvgIpc) is 3.13. The molecule has 1 unspecified atom stereocenters. The van der Waals surface area contributed by atoms with Crippen LogP contribution in [0.1, 0.15) is 42.1 Å². The van der Waals surface area contributed by atoms with Crippen LogP contribution in [0.4, 0.5) is 5.69 Å². The Balaban J connectivity index is 1.98. The highest BCUT2D eigenvalue weighted by molar-refractivity contribution is 6.51. The van der Waals surface area contributed by atoms with Gasteiger partial charge >= 0.3 is 0 Å². The first kappa shape index (κ1) is 25.8. The second-order valence-electron chi connectivity index (χ2n) is 9.27. The Morgan fingerprint density at radius 3 is 2.24 bits per heavy atom. The van der Waals surface area contributed by atoms with Gasteiger partial charge in [-0.1, -0.05) is 18.2 Å². The largest absolute Gasteiger partial charge is 0.507 e. The molecule has 192 valence electrons. The van der Waals surface area contributed by atoms with Crippen molar-refractivity contribution >= 4 is 23.1 Å². The summed E-state index contributed by atoms with van der Waals surface area (Å²) >= 11 is 0. The Kier molecular flexibility index (Phi) is 7.25. The SMILES string of the molecule is COc1ccc(N2C(=O)C(=O)/C(=C(/O)c3cc(C)cc(C)c3OC)C2c2cccc(OC(C)C)c2)cc1. The fourth-order valence-corrected chi connectivity index (χ4v) is 4.73. The number of ketones is 1. The lowest BCUT2D eigenvalue weighted by molar-refractivity contribution is -0.132. The normalized spacial score (nSPS) is 16.8. The molecule has 37 heavy (non-hydrogen) atoms. The number of anilines is 1. The molecule has 3 aromatic carbocycles. The molecule has 0 aliphatic carbocycles. The summed E-state index contributed by atoms with van der Waals surface area (Å²) in [7, 11) is 3.06. The van der Waals surface area contributed by atoms with Gasteiger partial charge in [-0.3, -0.25) is 14.5 Å². The van der Waals surface area contributed by atoms with Gasteiger partial charge in [-0.05, 0) is 86.8 Å². The molecule has 0 radical (unpaired) electrons. The predicted molar refractivity (Wildman–Crippen MR) is 142 cm³/mol. The number of aliphatic hydroxyl groups excluding tert-OH is 1. The van der Waals surface area contributed by atoms with Crippen molar-refractivity contribution in [3.05, 3.63) is 88.5 Å². The Bertz CT molecular complexity index is 1370. The number of aliphatic hydroxyl groups is 1. The molecule has 1 heterocycles. The van der Waals surface area contributed by atoms with Crippen molar-refractivity contribution in [3.63, 3.8) is 0 Å². The molecule has 1 saturated heterocycles. The molecular formula is C30H31NO6. The van der Waals surface area contributed by atoms with Crippen molar-refractivity contribution in [3.8, 4) is 17.2 Å². The number of carbonyl (C=O) groups excluding carboxylic acids is 2. The molecule has 4 rings (SSSR count). The van der Waals surface area contributed by atoms with Crippen molar-refractivity contribution in [2.45, 2.75) is 39.8 Å². The third-order valence-electron chi connectivity index (χ3n) is 6.22. The third-order valence-corrected chi connectivity index (χ3v) is 6.22. The van der Waals surface area contributed by atoms with E-state index in [-0.39, 0.29) is 17.4 Å². The van der Waals surface area contributed by atoms with Crippen molar-refractivity contribution < 1.29 is 28.9 Å². The molecule has 0 spiro atoms. The summed E-state index contributed by atoms with van der Waals surface area (Å²) in [6.07, 6.45) is -0.0669. The van der Waals surface area contributed by atoms with Crippen LogP contribution in [-0.2, 0) is 9.59 Å². The molecule has 1 atom stereocenters. The van der Waals surface area contributed by atoms with E-state index >= 15 is 0 Å². The molecule has 0 aromatic heterocycles. The summed E-state index contributed by atoms with van der Waals surface area (Å²) in [4.78, 5) is 28.4. The van der Waals surface area contributed by atoms with Gasteiger partial charge in [0.2, 0.25) is 0 Å². The predicted octanol–water partition coefficient (Wildman–Crippen LogP) is 5.73. The summed E-state index contributed by atoms with van der Waals surface area (Å²) < 4.78 is 16.7. The monoisotopic (exact) mass is 501 g/mol. The minimum atomic E-state index is -0.894. The molecule has 1 fully saturated rings. The van der Waals surface area contributed by atoms with Gasteiger partial charge in [-0.2, -0.15) is 0 Å². The van der Waals surface area contributed by atoms with Crippen LogP contribution in [0.15, 0.2) is 66.2 Å². The van der Waals surface area contributed by atoms with E-state index in [1.54, 1.807) is 49.6 Å². The molecule has 3 aromatic rings. The van der Waals surface area contributed by atoms with Crippen molar-refractivity contribution in [2.24, 2.45) is 0 Å². The molecular weight excluding hydrogens is 470 g/mol. The number of Topliss-reactive ketones (excluding diaryl/α,β-unsaturated/α-hetero) is 1. The van der Waals surface area contributed by atoms with Crippen molar-refractivity contribution in [2.75, 3.05) is 19.1 Å². The van der Waals surface area contributed by atoms with Crippen molar-refractivity contribution in [1.82, 2.24) is 0 Å². The van der Waals surface area contributed by atoms with E-state index in [4.69, 9.17) is 14.2 Å². The zero-order chi connectivity index (χ0) is 26.9. The second-order valence-corrected chi connectivity index (χ2v) is 9.27. The maximum absolute atomic E-state index is 13.5. The molecule has 7 nitrogen and oxygen atoms in total. The van der Waals surface area contributed by atoms with Crippen LogP contribution in [0.2, 0.25) is 0 Å². The zero-order valence-corrected chi connectivity index (χ0v) is 21.9. The fourth-order valence-electron chi connectivity index (χ4n) is 4.73. The number of ether oxygens (including phenoxy) is 3. The maximum Gasteiger partial charge on any atom is 0.300 e. The van der Waals surface area contributed by atoms with Gasteiger partial charge in [0.1, 0.15) is 23.0 Å². The first-order chi connectivity index (χ1) is 17.7. The number of carbonyl (C=O) groups is 2. The van der Waals surface area contributed by atoms with Crippen molar-refractivity contribution in [1.29, 1.82) is 0 Å². The van der Waals surface area contributed by atoms with Gasteiger partial charge in [0, 0.05) is 5.69 Å². The smallest absolute Gasteiger partial charge is 0.300 e. The van der Waals surface area contributed by atoms with Gasteiger partial charge in [0.25, 0.3) is 11.7 Å². The van der Waals surface area contributed by atoms with E-state index in [9.17, 15) is 14.7 Å². The molecule has 7 heteroatoms. The van der Waals surface area contributed by atoms with Gasteiger partial charge < -0.3 is 19.3 Å². The van der Waals surface area contributed by atoms with E-state index in [1.807, 2.05) is 45.9 Å². The van der Waals surface area contributed by atoms with Gasteiger partial charge in [-0.15, -0.1) is 0 Å². The topological polar surface area (TPSA) is 85.3 Å². The van der Waals surface area contributed by atoms with E-state index in [0.29, 0.717) is 34.1 Å². The number of nitrogens with zero attached hydrogens (tertiary/aromatic N) is 1. The Hall–Kier alpha value is -4.26. The highest BCUT2D eigenvalue weighted by Gasteiger charge is 2.47. The zero-order valence-electron chi connectivity index (χ0n) is 21.9. The number of benzene rings is 3. The lowest BCUT2D eigenvalue weighted by Crippen LogP contribution is -2.29. The number of hydrogen-bond acceptors (Lipinski definition) is 6. The quantitative estimate of drug-likeness (QED) is 0.253. The molecule has 1 amide bonds. The summed E-state index contributed by atoms with van der Waals surface area (Å²) in [5.41, 5.74) is 3.14. The van der Waals surface area contributed by atoms with E-state index in [1.165, 1.54) is 12.0 Å². The summed E-state index contributed by atoms with van der Waals surface area (Å²) in [5.74, 6) is -0.168. The van der Waals surface area contributed by atoms with Gasteiger partial charge in [-0.25, -0.2) is 0 Å². The minimum absolute atomic E-state index is 0.0224. The van der Waals surface area contributed by atoms with Gasteiger partial charge in [0.15, 0.2) is 0 Å². The Morgan fingerprint density at radius 2 is 1.62 bits per heavy atom. The number of hydrogen-bond donors (Lipinski definition) is 1. The van der Waals surface area contributed by atoms with Gasteiger partial charge in [0.05, 0.1) is 37.5 Å². The standard InChI is InChI=1S/C30H31NO6/c1-17(2)37-23-9-7-8-20(16-23)26-25(27(32)24-15-18(3)14-19(4)29(24)36-6)28(33)30(34)31(26)21-10-12-22(35-5)13-11-21/h7-17,26,32H,1-6H3/b27-25+. The first-order valence-electron chi connectivity index (χ1n) is 12.0. The van der Waals surface area contributed by atoms with Crippen LogP contribution in [-0.4, -0.2) is 37.1 Å². The molecule has 1 aliphatic heterocycles. The first-order valence-corrected chi connectivity index (χ1v) is 12.0. The summed E-state index contributed by atoms with van der Waals surface area (Å²) in [6, 6.07) is 16.9. The number of methoxy groups -OCH3 is 2. The summed E-state index contributed by atoms with van der Waals surface area (Å²) in [5, 5.41) is 11.6. The highest BCUT2D eigenvalue weighted by atomic mass is 16.5. The minimum Gasteiger partial charge on any atom is -0.507 e. The van der Waals surface area contributed by atoms with Crippen LogP contribution in [0.5, 0.6) is 17.2 Å². The molecule has 0 saturated carbocycles. The van der Waals surface area contributed by atoms with E-state index < -0.39 is 17.7 Å². The lowest BCUT2D eigenvalue weighted by atomic mass is 9.93. The number of rotatable bonds is 7. The van der Waals surface area contributed by atoms with Crippen LogP contribution < -0.4 is 19.1 Å². The number of aryl methyl sites for hydroxylation is 2. The molecule has 0 bridgehead atoms. The second kappa shape index (κ2) is 10.4. The third kappa shape index (κ3) is 4.89. The maximum atomic E-state index is 13.5. The highest BCUT2D eigenvalue weighted by Crippen LogP contribution is 2.44. The molecule has 1 aliphatic rings. The lowest BCUT2D eigenvalue weighted by Gasteiger charge is -2.26.